The van der Waals surface area contributed by atoms with Gasteiger partial charge in [0.05, 0.1) is 0 Å². The number of carbonyl (C=O) groups excluding carboxylic acids is 2. The third kappa shape index (κ3) is 2.91. The molecule has 102 valence electrons. The number of benzene rings is 1. The lowest BCUT2D eigenvalue weighted by molar-refractivity contribution is -0.146. The van der Waals surface area contributed by atoms with Crippen molar-refractivity contribution in [2.24, 2.45) is 10.8 Å². The van der Waals surface area contributed by atoms with Crippen molar-refractivity contribution in [1.82, 2.24) is 0 Å². The van der Waals surface area contributed by atoms with Gasteiger partial charge in [-0.25, -0.2) is 0 Å². The normalized spacial score (nSPS) is 21.4. The Morgan fingerprint density at radius 2 is 1.58 bits per heavy atom. The van der Waals surface area contributed by atoms with Crippen LogP contribution in [0.4, 0.5) is 0 Å². The number of Topliss-reactive ketones (excluding diaryl/α,β-unsaturated/α-hetero) is 2. The Morgan fingerprint density at radius 3 is 2.05 bits per heavy atom. The van der Waals surface area contributed by atoms with Gasteiger partial charge in [-0.15, -0.1) is 0 Å². The number of hydrogen-bond donors (Lipinski definition) is 0. The minimum Gasteiger partial charge on any atom is -0.299 e. The van der Waals surface area contributed by atoms with Crippen molar-refractivity contribution in [3.8, 4) is 0 Å². The fourth-order valence-electron chi connectivity index (χ4n) is 2.76. The molecule has 0 amide bonds. The summed E-state index contributed by atoms with van der Waals surface area (Å²) in [4.78, 5) is 25.1. The Kier molecular flexibility index (Phi) is 4.14. The molecule has 0 spiro atoms. The maximum atomic E-state index is 12.6. The molecule has 3 heteroatoms. The van der Waals surface area contributed by atoms with E-state index in [9.17, 15) is 9.59 Å². The van der Waals surface area contributed by atoms with Gasteiger partial charge in [0.1, 0.15) is 17.0 Å². The molecule has 0 unspecified atom stereocenters. The summed E-state index contributed by atoms with van der Waals surface area (Å²) in [7, 11) is 0. The number of alkyl halides is 1. The van der Waals surface area contributed by atoms with Crippen LogP contribution in [0.1, 0.15) is 32.3 Å². The first-order valence-electron chi connectivity index (χ1n) is 6.56. The van der Waals surface area contributed by atoms with Crippen LogP contribution < -0.4 is 0 Å². The van der Waals surface area contributed by atoms with Crippen molar-refractivity contribution in [3.05, 3.63) is 35.9 Å². The number of carbonyl (C=O) groups is 2. The topological polar surface area (TPSA) is 34.1 Å². The number of hydrogen-bond acceptors (Lipinski definition) is 2. The van der Waals surface area contributed by atoms with Gasteiger partial charge >= 0.3 is 0 Å². The highest BCUT2D eigenvalue weighted by molar-refractivity contribution is 14.1. The smallest absolute Gasteiger partial charge is 0.148 e. The summed E-state index contributed by atoms with van der Waals surface area (Å²) in [6.45, 7) is 4.00. The van der Waals surface area contributed by atoms with Crippen molar-refractivity contribution in [2.75, 3.05) is 4.43 Å². The predicted octanol–water partition coefficient (Wildman–Crippen LogP) is 3.61. The molecule has 0 N–H and O–H groups in total. The molecular weight excluding hydrogens is 351 g/mol. The molecule has 0 aromatic heterocycles. The van der Waals surface area contributed by atoms with Crippen molar-refractivity contribution in [2.45, 2.75) is 33.1 Å². The van der Waals surface area contributed by atoms with E-state index in [-0.39, 0.29) is 17.0 Å². The molecule has 1 aromatic carbocycles. The van der Waals surface area contributed by atoms with E-state index in [1.165, 1.54) is 0 Å². The molecule has 0 bridgehead atoms. The Bertz CT molecular complexity index is 471. The van der Waals surface area contributed by atoms with Crippen LogP contribution in [0.15, 0.2) is 30.3 Å². The van der Waals surface area contributed by atoms with Gasteiger partial charge in [0.25, 0.3) is 0 Å². The van der Waals surface area contributed by atoms with Gasteiger partial charge in [0.2, 0.25) is 0 Å². The summed E-state index contributed by atoms with van der Waals surface area (Å²) in [6, 6.07) is 9.85. The molecule has 2 rings (SSSR count). The van der Waals surface area contributed by atoms with Gasteiger partial charge in [-0.2, -0.15) is 0 Å². The van der Waals surface area contributed by atoms with Gasteiger partial charge < -0.3 is 0 Å². The summed E-state index contributed by atoms with van der Waals surface area (Å²) in [6.07, 6.45) is 1.56. The standard InChI is InChI=1S/C16H19IO2/c1-15(2)9-13(18)16(11-17,14(19)10-15)8-12-6-4-3-5-7-12/h3-7H,8-11H2,1-2H3. The fraction of sp³-hybridized carbons (Fsp3) is 0.500. The zero-order valence-corrected chi connectivity index (χ0v) is 13.6. The molecule has 1 aliphatic carbocycles. The lowest BCUT2D eigenvalue weighted by Crippen LogP contribution is -2.50. The number of ketones is 2. The zero-order chi connectivity index (χ0) is 14.1. The summed E-state index contributed by atoms with van der Waals surface area (Å²) < 4.78 is 0.577. The van der Waals surface area contributed by atoms with Crippen LogP contribution in [0.25, 0.3) is 0 Å². The Hall–Kier alpha value is -0.710. The molecule has 1 aliphatic rings. The van der Waals surface area contributed by atoms with E-state index < -0.39 is 5.41 Å². The number of halogens is 1. The molecule has 19 heavy (non-hydrogen) atoms. The quantitative estimate of drug-likeness (QED) is 0.463. The molecule has 0 radical (unpaired) electrons. The van der Waals surface area contributed by atoms with E-state index >= 15 is 0 Å². The summed E-state index contributed by atoms with van der Waals surface area (Å²) in [5.41, 5.74) is 0.0954. The lowest BCUT2D eigenvalue weighted by atomic mass is 9.62. The van der Waals surface area contributed by atoms with E-state index in [1.807, 2.05) is 44.2 Å². The van der Waals surface area contributed by atoms with E-state index in [1.54, 1.807) is 0 Å². The van der Waals surface area contributed by atoms with Crippen LogP contribution in [0, 0.1) is 10.8 Å². The lowest BCUT2D eigenvalue weighted by Gasteiger charge is -2.40. The van der Waals surface area contributed by atoms with E-state index in [0.29, 0.717) is 23.7 Å². The van der Waals surface area contributed by atoms with E-state index in [2.05, 4.69) is 22.6 Å². The predicted molar refractivity (Wildman–Crippen MR) is 84.5 cm³/mol. The molecule has 0 heterocycles. The number of rotatable bonds is 3. The van der Waals surface area contributed by atoms with E-state index in [4.69, 9.17) is 0 Å². The van der Waals surface area contributed by atoms with Crippen LogP contribution in [0.5, 0.6) is 0 Å². The van der Waals surface area contributed by atoms with Crippen molar-refractivity contribution < 1.29 is 9.59 Å². The largest absolute Gasteiger partial charge is 0.299 e. The van der Waals surface area contributed by atoms with Crippen LogP contribution in [0.2, 0.25) is 0 Å². The minimum atomic E-state index is -0.794. The van der Waals surface area contributed by atoms with E-state index in [0.717, 1.165) is 5.56 Å². The maximum absolute atomic E-state index is 12.6. The van der Waals surface area contributed by atoms with Gasteiger partial charge in [-0.1, -0.05) is 66.8 Å². The van der Waals surface area contributed by atoms with Crippen LogP contribution in [0.3, 0.4) is 0 Å². The first-order chi connectivity index (χ1) is 8.89. The molecule has 2 nitrogen and oxygen atoms in total. The van der Waals surface area contributed by atoms with Crippen LogP contribution >= 0.6 is 22.6 Å². The Balaban J connectivity index is 2.32. The highest BCUT2D eigenvalue weighted by Gasteiger charge is 2.50. The SMILES string of the molecule is CC1(C)CC(=O)C(CI)(Cc2ccccc2)C(=O)C1. The zero-order valence-electron chi connectivity index (χ0n) is 11.4. The van der Waals surface area contributed by atoms with Crippen LogP contribution in [-0.4, -0.2) is 16.0 Å². The van der Waals surface area contributed by atoms with Crippen molar-refractivity contribution in [3.63, 3.8) is 0 Å². The van der Waals surface area contributed by atoms with Gasteiger partial charge in [0.15, 0.2) is 0 Å². The molecule has 0 atom stereocenters. The minimum absolute atomic E-state index is 0.118. The third-order valence-electron chi connectivity index (χ3n) is 3.92. The molecule has 1 fully saturated rings. The highest BCUT2D eigenvalue weighted by Crippen LogP contribution is 2.43. The first kappa shape index (κ1) is 14.7. The average Bonchev–Trinajstić information content (AvgIpc) is 2.34. The first-order valence-corrected chi connectivity index (χ1v) is 8.09. The Labute approximate surface area is 128 Å². The van der Waals surface area contributed by atoms with Crippen molar-refractivity contribution in [1.29, 1.82) is 0 Å². The second kappa shape index (κ2) is 5.35. The second-order valence-electron chi connectivity index (χ2n) is 6.24. The molecule has 1 aromatic rings. The highest BCUT2D eigenvalue weighted by atomic mass is 127. The molecular formula is C16H19IO2. The molecule has 1 saturated carbocycles. The summed E-state index contributed by atoms with van der Waals surface area (Å²) >= 11 is 2.19. The van der Waals surface area contributed by atoms with Gasteiger partial charge in [0, 0.05) is 17.3 Å². The second-order valence-corrected chi connectivity index (χ2v) is 7.01. The van der Waals surface area contributed by atoms with Crippen LogP contribution in [-0.2, 0) is 16.0 Å². The molecule has 0 aliphatic heterocycles. The average molecular weight is 370 g/mol. The fourth-order valence-corrected chi connectivity index (χ4v) is 3.88. The van der Waals surface area contributed by atoms with Gasteiger partial charge in [-0.05, 0) is 17.4 Å². The summed E-state index contributed by atoms with van der Waals surface area (Å²) in [5, 5.41) is 0. The third-order valence-corrected chi connectivity index (χ3v) is 5.22. The molecule has 0 saturated heterocycles. The maximum Gasteiger partial charge on any atom is 0.148 e. The summed E-state index contributed by atoms with van der Waals surface area (Å²) in [5.74, 6) is 0.235. The van der Waals surface area contributed by atoms with Crippen molar-refractivity contribution >= 4 is 34.2 Å². The van der Waals surface area contributed by atoms with Gasteiger partial charge in [-0.3, -0.25) is 9.59 Å². The monoisotopic (exact) mass is 370 g/mol. The Morgan fingerprint density at radius 1 is 1.05 bits per heavy atom.